The molecule has 0 bridgehead atoms. The van der Waals surface area contributed by atoms with Gasteiger partial charge in [0.2, 0.25) is 10.0 Å². The van der Waals surface area contributed by atoms with Gasteiger partial charge < -0.3 is 4.74 Å². The maximum atomic E-state index is 13.2. The number of sulfonamides is 1. The van der Waals surface area contributed by atoms with Gasteiger partial charge in [0.05, 0.1) is 35.2 Å². The number of hydrogen-bond acceptors (Lipinski definition) is 6. The van der Waals surface area contributed by atoms with Crippen molar-refractivity contribution in [3.63, 3.8) is 0 Å². The summed E-state index contributed by atoms with van der Waals surface area (Å²) in [5, 5.41) is 0.552. The maximum Gasteiger partial charge on any atom is 0.337 e. The minimum absolute atomic E-state index is 0.218. The molecule has 0 aliphatic heterocycles. The van der Waals surface area contributed by atoms with E-state index in [1.807, 2.05) is 38.1 Å². The van der Waals surface area contributed by atoms with Crippen LogP contribution in [0.25, 0.3) is 22.2 Å². The molecule has 35 heavy (non-hydrogen) atoms. The molecule has 0 aliphatic carbocycles. The molecule has 0 spiro atoms. The van der Waals surface area contributed by atoms with Gasteiger partial charge >= 0.3 is 5.97 Å². The Balaban J connectivity index is 1.65. The number of amides is 1. The van der Waals surface area contributed by atoms with Gasteiger partial charge in [-0.25, -0.2) is 22.9 Å². The molecule has 7 nitrogen and oxygen atoms in total. The fourth-order valence-electron chi connectivity index (χ4n) is 3.91. The van der Waals surface area contributed by atoms with Gasteiger partial charge in [-0.3, -0.25) is 4.79 Å². The number of carbonyl (C=O) groups excluding carboxylic acids is 2. The molecule has 4 aromatic rings. The Morgan fingerprint density at radius 3 is 2.34 bits per heavy atom. The van der Waals surface area contributed by atoms with Crippen LogP contribution in [-0.2, 0) is 20.5 Å². The highest BCUT2D eigenvalue weighted by Crippen LogP contribution is 2.28. The summed E-state index contributed by atoms with van der Waals surface area (Å²) in [4.78, 5) is 29.5. The molecule has 178 valence electrons. The largest absolute Gasteiger partial charge is 0.465 e. The number of nitrogens with one attached hydrogen (secondary N) is 1. The zero-order chi connectivity index (χ0) is 25.2. The quantitative estimate of drug-likeness (QED) is 0.399. The van der Waals surface area contributed by atoms with Crippen LogP contribution < -0.4 is 4.72 Å². The van der Waals surface area contributed by atoms with Gasteiger partial charge in [-0.1, -0.05) is 54.1 Å². The summed E-state index contributed by atoms with van der Waals surface area (Å²) in [5.74, 6) is -1.68. The van der Waals surface area contributed by atoms with Crippen LogP contribution in [0.2, 0.25) is 0 Å². The van der Waals surface area contributed by atoms with Crippen LogP contribution >= 0.6 is 0 Å². The van der Waals surface area contributed by atoms with E-state index < -0.39 is 27.7 Å². The first-order valence-corrected chi connectivity index (χ1v) is 12.5. The highest BCUT2D eigenvalue weighted by molar-refractivity contribution is 7.89. The average molecular weight is 489 g/mol. The minimum atomic E-state index is -4.02. The first kappa shape index (κ1) is 24.1. The van der Waals surface area contributed by atoms with Crippen LogP contribution in [0.4, 0.5) is 0 Å². The number of carbonyl (C=O) groups is 2. The Morgan fingerprint density at radius 2 is 1.66 bits per heavy atom. The van der Waals surface area contributed by atoms with Crippen molar-refractivity contribution >= 4 is 32.8 Å². The van der Waals surface area contributed by atoms with Gasteiger partial charge in [0.1, 0.15) is 0 Å². The number of ether oxygens (including phenoxy) is 1. The summed E-state index contributed by atoms with van der Waals surface area (Å²) in [6.45, 7) is 3.96. The molecule has 0 saturated heterocycles. The molecule has 4 rings (SSSR count). The van der Waals surface area contributed by atoms with Crippen LogP contribution in [0, 0.1) is 13.8 Å². The summed E-state index contributed by atoms with van der Waals surface area (Å²) in [7, 11) is -2.75. The summed E-state index contributed by atoms with van der Waals surface area (Å²) in [6.07, 6.45) is 0. The highest BCUT2D eigenvalue weighted by atomic mass is 32.2. The van der Waals surface area contributed by atoms with E-state index in [1.54, 1.807) is 24.3 Å². The Kier molecular flexibility index (Phi) is 6.66. The summed E-state index contributed by atoms with van der Waals surface area (Å²) < 4.78 is 32.4. The van der Waals surface area contributed by atoms with Crippen molar-refractivity contribution in [2.75, 3.05) is 7.11 Å². The lowest BCUT2D eigenvalue weighted by molar-refractivity contribution is 0.0600. The molecule has 1 aromatic heterocycles. The molecule has 8 heteroatoms. The van der Waals surface area contributed by atoms with Gasteiger partial charge in [0.25, 0.3) is 5.91 Å². The molecule has 0 radical (unpaired) electrons. The van der Waals surface area contributed by atoms with Crippen molar-refractivity contribution in [1.29, 1.82) is 0 Å². The summed E-state index contributed by atoms with van der Waals surface area (Å²) in [5.41, 5.74) is 5.10. The van der Waals surface area contributed by atoms with Gasteiger partial charge in [0, 0.05) is 10.9 Å². The van der Waals surface area contributed by atoms with Crippen molar-refractivity contribution in [1.82, 2.24) is 9.71 Å². The third-order valence-electron chi connectivity index (χ3n) is 5.60. The zero-order valence-electron chi connectivity index (χ0n) is 19.5. The second-order valence-corrected chi connectivity index (χ2v) is 9.99. The third kappa shape index (κ3) is 5.38. The Hall–Kier alpha value is -4.04. The molecule has 0 aliphatic rings. The number of nitrogens with zero attached hydrogens (tertiary/aromatic N) is 1. The number of aryl methyl sites for hydroxylation is 2. The number of methoxy groups -OCH3 is 1. The topological polar surface area (TPSA) is 102 Å². The number of hydrogen-bond donors (Lipinski definition) is 1. The number of fused-ring (bicyclic) bond motifs is 1. The van der Waals surface area contributed by atoms with E-state index in [2.05, 4.69) is 9.46 Å². The van der Waals surface area contributed by atoms with E-state index in [9.17, 15) is 18.0 Å². The monoisotopic (exact) mass is 488 g/mol. The van der Waals surface area contributed by atoms with Crippen LogP contribution in [0.5, 0.6) is 0 Å². The first-order valence-electron chi connectivity index (χ1n) is 10.9. The Morgan fingerprint density at radius 1 is 0.943 bits per heavy atom. The van der Waals surface area contributed by atoms with Crippen molar-refractivity contribution < 1.29 is 22.7 Å². The smallest absolute Gasteiger partial charge is 0.337 e. The average Bonchev–Trinajstić information content (AvgIpc) is 2.82. The number of benzene rings is 3. The van der Waals surface area contributed by atoms with Crippen molar-refractivity contribution in [2.24, 2.45) is 0 Å². The lowest BCUT2D eigenvalue weighted by Crippen LogP contribution is -2.31. The molecule has 3 aromatic carbocycles. The van der Waals surface area contributed by atoms with Crippen LogP contribution in [0.15, 0.2) is 72.8 Å². The second kappa shape index (κ2) is 9.68. The Labute approximate surface area is 203 Å². The van der Waals surface area contributed by atoms with Gasteiger partial charge in [-0.2, -0.15) is 0 Å². The van der Waals surface area contributed by atoms with Gasteiger partial charge in [0.15, 0.2) is 0 Å². The lowest BCUT2D eigenvalue weighted by Gasteiger charge is -2.13. The Bertz CT molecular complexity index is 1540. The van der Waals surface area contributed by atoms with E-state index in [1.165, 1.54) is 31.4 Å². The number of esters is 1. The normalized spacial score (nSPS) is 11.3. The molecule has 0 saturated carbocycles. The zero-order valence-corrected chi connectivity index (χ0v) is 20.3. The van der Waals surface area contributed by atoms with Crippen LogP contribution in [-0.4, -0.2) is 32.4 Å². The molecule has 0 unspecified atom stereocenters. The third-order valence-corrected chi connectivity index (χ3v) is 6.81. The molecule has 1 heterocycles. The van der Waals surface area contributed by atoms with E-state index >= 15 is 0 Å². The van der Waals surface area contributed by atoms with Crippen molar-refractivity contribution in [3.8, 4) is 11.3 Å². The summed E-state index contributed by atoms with van der Waals surface area (Å²) in [6, 6.07) is 20.7. The number of rotatable bonds is 6. The maximum absolute atomic E-state index is 13.2. The minimum Gasteiger partial charge on any atom is -0.465 e. The predicted molar refractivity (Wildman–Crippen MR) is 135 cm³/mol. The fourth-order valence-corrected chi connectivity index (χ4v) is 5.00. The summed E-state index contributed by atoms with van der Waals surface area (Å²) >= 11 is 0. The van der Waals surface area contributed by atoms with Crippen molar-refractivity contribution in [2.45, 2.75) is 19.6 Å². The predicted octanol–water partition coefficient (Wildman–Crippen LogP) is 4.57. The van der Waals surface area contributed by atoms with E-state index in [0.29, 0.717) is 27.7 Å². The lowest BCUT2D eigenvalue weighted by atomic mass is 9.99. The molecule has 0 atom stereocenters. The molecular weight excluding hydrogens is 464 g/mol. The van der Waals surface area contributed by atoms with E-state index in [4.69, 9.17) is 4.98 Å². The van der Waals surface area contributed by atoms with Gasteiger partial charge in [-0.15, -0.1) is 0 Å². The molecule has 1 amide bonds. The number of para-hydroxylation sites is 1. The second-order valence-electron chi connectivity index (χ2n) is 8.27. The van der Waals surface area contributed by atoms with E-state index in [0.717, 1.165) is 16.7 Å². The fraction of sp³-hybridized carbons (Fsp3) is 0.148. The first-order chi connectivity index (χ1) is 16.7. The van der Waals surface area contributed by atoms with Crippen LogP contribution in [0.3, 0.4) is 0 Å². The SMILES string of the molecule is COC(=O)c1ccc(CS(=O)(=O)NC(=O)c2cc(-c3ccc(C)cc3C)nc3ccccc23)cc1. The highest BCUT2D eigenvalue weighted by Gasteiger charge is 2.21. The molecule has 0 fully saturated rings. The standard InChI is InChI=1S/C27H24N2O5S/c1-17-8-13-21(18(2)14-17)25-15-23(22-6-4-5-7-24(22)28-25)26(30)29-35(32,33)16-19-9-11-20(12-10-19)27(31)34-3/h4-15H,16H2,1-3H3,(H,29,30). The number of aromatic nitrogens is 1. The van der Waals surface area contributed by atoms with Crippen molar-refractivity contribution in [3.05, 3.63) is 101 Å². The van der Waals surface area contributed by atoms with E-state index in [-0.39, 0.29) is 5.56 Å². The van der Waals surface area contributed by atoms with Crippen LogP contribution in [0.1, 0.15) is 37.4 Å². The van der Waals surface area contributed by atoms with Gasteiger partial charge in [-0.05, 0) is 49.2 Å². The molecule has 1 N–H and O–H groups in total. The number of pyridine rings is 1. The molecular formula is C27H24N2O5S.